The van der Waals surface area contributed by atoms with Gasteiger partial charge in [0.2, 0.25) is 0 Å². The summed E-state index contributed by atoms with van der Waals surface area (Å²) >= 11 is 5.00. The largest absolute Gasteiger partial charge is 0.459 e. The molecule has 21 heavy (non-hydrogen) atoms. The second kappa shape index (κ2) is 6.28. The summed E-state index contributed by atoms with van der Waals surface area (Å²) in [7, 11) is 0. The van der Waals surface area contributed by atoms with Crippen molar-refractivity contribution in [2.75, 3.05) is 0 Å². The first-order valence-electron chi connectivity index (χ1n) is 6.38. The molecule has 2 heterocycles. The van der Waals surface area contributed by atoms with Crippen molar-refractivity contribution < 1.29 is 9.21 Å². The van der Waals surface area contributed by atoms with Crippen molar-refractivity contribution in [1.29, 1.82) is 0 Å². The Hall–Kier alpha value is -1.85. The molecule has 0 atom stereocenters. The predicted molar refractivity (Wildman–Crippen MR) is 87.3 cm³/mol. The van der Waals surface area contributed by atoms with E-state index in [4.69, 9.17) is 4.42 Å². The number of nitrogens with one attached hydrogen (secondary N) is 1. The molecule has 3 aromatic rings. The third-order valence-electron chi connectivity index (χ3n) is 3.01. The molecule has 0 saturated heterocycles. The number of carbonyl (C=O) groups is 1. The Morgan fingerprint density at radius 3 is 2.81 bits per heavy atom. The number of furan rings is 1. The molecule has 0 spiro atoms. The monoisotopic (exact) mass is 361 g/mol. The molecule has 0 fully saturated rings. The van der Waals surface area contributed by atoms with Gasteiger partial charge >= 0.3 is 0 Å². The van der Waals surface area contributed by atoms with Crippen LogP contribution in [0, 0.1) is 0 Å². The van der Waals surface area contributed by atoms with E-state index < -0.39 is 0 Å². The highest BCUT2D eigenvalue weighted by atomic mass is 79.9. The molecule has 0 radical (unpaired) electrons. The number of benzene rings is 1. The van der Waals surface area contributed by atoms with Crippen LogP contribution >= 0.6 is 27.3 Å². The van der Waals surface area contributed by atoms with Gasteiger partial charge in [-0.15, -0.1) is 0 Å². The fraction of sp³-hybridized carbons (Fsp3) is 0.0625. The molecular weight excluding hydrogens is 350 g/mol. The summed E-state index contributed by atoms with van der Waals surface area (Å²) in [5.74, 6) is 1.42. The molecular formula is C16H12BrNO2S. The molecule has 106 valence electrons. The van der Waals surface area contributed by atoms with E-state index in [0.717, 1.165) is 21.6 Å². The average Bonchev–Trinajstić information content (AvgIpc) is 3.16. The van der Waals surface area contributed by atoms with Crippen LogP contribution in [0.2, 0.25) is 0 Å². The Bertz CT molecular complexity index is 749. The van der Waals surface area contributed by atoms with Gasteiger partial charge in [-0.25, -0.2) is 0 Å². The van der Waals surface area contributed by atoms with E-state index in [-0.39, 0.29) is 5.91 Å². The topological polar surface area (TPSA) is 42.2 Å². The van der Waals surface area contributed by atoms with Gasteiger partial charge in [0.1, 0.15) is 11.5 Å². The van der Waals surface area contributed by atoms with Crippen molar-refractivity contribution in [3.63, 3.8) is 0 Å². The first-order valence-corrected chi connectivity index (χ1v) is 8.11. The van der Waals surface area contributed by atoms with E-state index in [1.165, 1.54) is 0 Å². The maximum atomic E-state index is 12.1. The molecule has 2 aromatic heterocycles. The second-order valence-corrected chi connectivity index (χ2v) is 6.07. The smallest absolute Gasteiger partial charge is 0.252 e. The summed E-state index contributed by atoms with van der Waals surface area (Å²) in [6.07, 6.45) is 0. The van der Waals surface area contributed by atoms with Crippen molar-refractivity contribution in [3.8, 4) is 11.3 Å². The number of rotatable bonds is 4. The van der Waals surface area contributed by atoms with Crippen LogP contribution in [0.1, 0.15) is 16.1 Å². The van der Waals surface area contributed by atoms with E-state index in [9.17, 15) is 4.79 Å². The molecule has 3 nitrogen and oxygen atoms in total. The van der Waals surface area contributed by atoms with Crippen LogP contribution in [0.15, 0.2) is 62.1 Å². The van der Waals surface area contributed by atoms with E-state index in [0.29, 0.717) is 12.1 Å². The molecule has 0 saturated carbocycles. The van der Waals surface area contributed by atoms with Crippen molar-refractivity contribution in [3.05, 3.63) is 69.0 Å². The SMILES string of the molecule is O=C(NCc1ccc(-c2ccsc2)o1)c1ccccc1Br. The van der Waals surface area contributed by atoms with Gasteiger partial charge < -0.3 is 9.73 Å². The Balaban J connectivity index is 1.66. The van der Waals surface area contributed by atoms with Gasteiger partial charge in [-0.05, 0) is 51.6 Å². The van der Waals surface area contributed by atoms with E-state index in [2.05, 4.69) is 21.2 Å². The van der Waals surface area contributed by atoms with Crippen LogP contribution in [-0.2, 0) is 6.54 Å². The van der Waals surface area contributed by atoms with Gasteiger partial charge in [-0.2, -0.15) is 11.3 Å². The Kier molecular flexibility index (Phi) is 4.22. The number of thiophene rings is 1. The molecule has 0 bridgehead atoms. The average molecular weight is 362 g/mol. The van der Waals surface area contributed by atoms with E-state index in [1.54, 1.807) is 17.4 Å². The van der Waals surface area contributed by atoms with Gasteiger partial charge in [0.05, 0.1) is 12.1 Å². The molecule has 3 rings (SSSR count). The molecule has 0 aliphatic rings. The minimum atomic E-state index is -0.129. The Labute approximate surface area is 134 Å². The van der Waals surface area contributed by atoms with Crippen LogP contribution in [0.5, 0.6) is 0 Å². The zero-order valence-electron chi connectivity index (χ0n) is 11.0. The summed E-state index contributed by atoms with van der Waals surface area (Å²) in [6.45, 7) is 0.365. The van der Waals surface area contributed by atoms with Crippen molar-refractivity contribution in [2.45, 2.75) is 6.54 Å². The molecule has 1 aromatic carbocycles. The number of carbonyl (C=O) groups excluding carboxylic acids is 1. The summed E-state index contributed by atoms with van der Waals surface area (Å²) in [6, 6.07) is 13.1. The highest BCUT2D eigenvalue weighted by Crippen LogP contribution is 2.24. The maximum Gasteiger partial charge on any atom is 0.252 e. The fourth-order valence-electron chi connectivity index (χ4n) is 1.94. The summed E-state index contributed by atoms with van der Waals surface area (Å²) in [4.78, 5) is 12.1. The van der Waals surface area contributed by atoms with Crippen molar-refractivity contribution >= 4 is 33.2 Å². The fourth-order valence-corrected chi connectivity index (χ4v) is 3.05. The zero-order valence-corrected chi connectivity index (χ0v) is 13.4. The predicted octanol–water partition coefficient (Wildman–Crippen LogP) is 4.70. The highest BCUT2D eigenvalue weighted by Gasteiger charge is 2.10. The van der Waals surface area contributed by atoms with Crippen molar-refractivity contribution in [1.82, 2.24) is 5.32 Å². The highest BCUT2D eigenvalue weighted by molar-refractivity contribution is 9.10. The zero-order chi connectivity index (χ0) is 14.7. The maximum absolute atomic E-state index is 12.1. The lowest BCUT2D eigenvalue weighted by atomic mass is 10.2. The van der Waals surface area contributed by atoms with Gasteiger partial charge in [-0.1, -0.05) is 12.1 Å². The Morgan fingerprint density at radius 1 is 1.19 bits per heavy atom. The van der Waals surface area contributed by atoms with Gasteiger partial charge in [0, 0.05) is 15.4 Å². The normalized spacial score (nSPS) is 10.5. The van der Waals surface area contributed by atoms with Gasteiger partial charge in [0.25, 0.3) is 5.91 Å². The minimum absolute atomic E-state index is 0.129. The van der Waals surface area contributed by atoms with Crippen LogP contribution < -0.4 is 5.32 Å². The van der Waals surface area contributed by atoms with E-state index >= 15 is 0 Å². The minimum Gasteiger partial charge on any atom is -0.459 e. The summed E-state index contributed by atoms with van der Waals surface area (Å²) < 4.78 is 6.50. The third kappa shape index (κ3) is 3.25. The second-order valence-electron chi connectivity index (χ2n) is 4.44. The first-order chi connectivity index (χ1) is 10.2. The number of hydrogen-bond donors (Lipinski definition) is 1. The molecule has 1 amide bonds. The van der Waals surface area contributed by atoms with Crippen molar-refractivity contribution in [2.24, 2.45) is 0 Å². The van der Waals surface area contributed by atoms with Gasteiger partial charge in [0.15, 0.2) is 0 Å². The Morgan fingerprint density at radius 2 is 2.05 bits per heavy atom. The number of hydrogen-bond acceptors (Lipinski definition) is 3. The standard InChI is InChI=1S/C16H12BrNO2S/c17-14-4-2-1-3-13(14)16(19)18-9-12-5-6-15(20-12)11-7-8-21-10-11/h1-8,10H,9H2,(H,18,19). The molecule has 1 N–H and O–H groups in total. The first kappa shape index (κ1) is 14.1. The lowest BCUT2D eigenvalue weighted by molar-refractivity contribution is 0.0947. The molecule has 0 aliphatic carbocycles. The van der Waals surface area contributed by atoms with E-state index in [1.807, 2.05) is 47.2 Å². The van der Waals surface area contributed by atoms with Crippen LogP contribution in [-0.4, -0.2) is 5.91 Å². The number of amides is 1. The lowest BCUT2D eigenvalue weighted by Gasteiger charge is -2.05. The third-order valence-corrected chi connectivity index (χ3v) is 4.38. The van der Waals surface area contributed by atoms with Crippen LogP contribution in [0.25, 0.3) is 11.3 Å². The number of halogens is 1. The molecule has 0 unspecified atom stereocenters. The lowest BCUT2D eigenvalue weighted by Crippen LogP contribution is -2.22. The molecule has 0 aliphatic heterocycles. The van der Waals surface area contributed by atoms with Crippen LogP contribution in [0.4, 0.5) is 0 Å². The van der Waals surface area contributed by atoms with Crippen LogP contribution in [0.3, 0.4) is 0 Å². The quantitative estimate of drug-likeness (QED) is 0.731. The summed E-state index contributed by atoms with van der Waals surface area (Å²) in [5, 5.41) is 6.89. The molecule has 5 heteroatoms. The summed E-state index contributed by atoms with van der Waals surface area (Å²) in [5.41, 5.74) is 1.67. The van der Waals surface area contributed by atoms with Gasteiger partial charge in [-0.3, -0.25) is 4.79 Å².